The van der Waals surface area contributed by atoms with Crippen molar-refractivity contribution in [1.29, 1.82) is 0 Å². The van der Waals surface area contributed by atoms with Crippen molar-refractivity contribution in [3.05, 3.63) is 95.6 Å². The highest BCUT2D eigenvalue weighted by molar-refractivity contribution is 6.46. The highest BCUT2D eigenvalue weighted by Crippen LogP contribution is 2.40. The van der Waals surface area contributed by atoms with Crippen molar-refractivity contribution in [2.45, 2.75) is 19.4 Å². The summed E-state index contributed by atoms with van der Waals surface area (Å²) < 4.78 is 11.7. The summed E-state index contributed by atoms with van der Waals surface area (Å²) >= 11 is 0. The molecular formula is C30H32N2O5. The SMILES string of the molecule is CCCOc1cccc(/C(O)=C2\C(=O)C(=O)N(CCN(C)C)C2c2cccc(Oc3ccccc3)c2)c1. The molecule has 1 N–H and O–H groups in total. The normalized spacial score (nSPS) is 16.9. The van der Waals surface area contributed by atoms with E-state index in [0.717, 1.165) is 6.42 Å². The Balaban J connectivity index is 1.78. The van der Waals surface area contributed by atoms with E-state index in [4.69, 9.17) is 9.47 Å². The predicted molar refractivity (Wildman–Crippen MR) is 143 cm³/mol. The van der Waals surface area contributed by atoms with E-state index in [-0.39, 0.29) is 11.3 Å². The monoisotopic (exact) mass is 500 g/mol. The van der Waals surface area contributed by atoms with Gasteiger partial charge in [0, 0.05) is 18.7 Å². The summed E-state index contributed by atoms with van der Waals surface area (Å²) in [5.41, 5.74) is 1.14. The Morgan fingerprint density at radius 2 is 1.62 bits per heavy atom. The summed E-state index contributed by atoms with van der Waals surface area (Å²) in [4.78, 5) is 30.0. The number of nitrogens with zero attached hydrogens (tertiary/aromatic N) is 2. The van der Waals surface area contributed by atoms with E-state index in [2.05, 4.69) is 0 Å². The van der Waals surface area contributed by atoms with Gasteiger partial charge in [-0.3, -0.25) is 9.59 Å². The third-order valence-electron chi connectivity index (χ3n) is 6.06. The van der Waals surface area contributed by atoms with Crippen LogP contribution in [0.3, 0.4) is 0 Å². The van der Waals surface area contributed by atoms with Crippen molar-refractivity contribution in [2.24, 2.45) is 0 Å². The molecule has 0 saturated carbocycles. The van der Waals surface area contributed by atoms with Crippen LogP contribution >= 0.6 is 0 Å². The third kappa shape index (κ3) is 6.01. The average Bonchev–Trinajstić information content (AvgIpc) is 3.16. The minimum Gasteiger partial charge on any atom is -0.507 e. The number of ketones is 1. The van der Waals surface area contributed by atoms with Crippen molar-refractivity contribution in [1.82, 2.24) is 9.80 Å². The van der Waals surface area contributed by atoms with Crippen molar-refractivity contribution in [3.63, 3.8) is 0 Å². The quantitative estimate of drug-likeness (QED) is 0.233. The number of hydrogen-bond acceptors (Lipinski definition) is 6. The second kappa shape index (κ2) is 11.8. The van der Waals surface area contributed by atoms with E-state index in [9.17, 15) is 14.7 Å². The largest absolute Gasteiger partial charge is 0.507 e. The van der Waals surface area contributed by atoms with Crippen molar-refractivity contribution in [3.8, 4) is 17.2 Å². The van der Waals surface area contributed by atoms with Gasteiger partial charge in [0.15, 0.2) is 0 Å². The first-order chi connectivity index (χ1) is 17.9. The van der Waals surface area contributed by atoms with Gasteiger partial charge in [-0.2, -0.15) is 0 Å². The number of rotatable bonds is 10. The Morgan fingerprint density at radius 3 is 2.35 bits per heavy atom. The molecule has 0 spiro atoms. The van der Waals surface area contributed by atoms with Gasteiger partial charge in [0.25, 0.3) is 11.7 Å². The van der Waals surface area contributed by atoms with Crippen molar-refractivity contribution >= 4 is 17.4 Å². The fourth-order valence-corrected chi connectivity index (χ4v) is 4.25. The molecule has 4 rings (SSSR count). The molecule has 1 fully saturated rings. The number of benzene rings is 3. The van der Waals surface area contributed by atoms with Crippen LogP contribution in [0.25, 0.3) is 5.76 Å². The zero-order valence-corrected chi connectivity index (χ0v) is 21.4. The van der Waals surface area contributed by atoms with Gasteiger partial charge in [-0.05, 0) is 62.5 Å². The van der Waals surface area contributed by atoms with Crippen LogP contribution in [0.5, 0.6) is 17.2 Å². The maximum absolute atomic E-state index is 13.3. The van der Waals surface area contributed by atoms with Gasteiger partial charge < -0.3 is 24.4 Å². The maximum Gasteiger partial charge on any atom is 0.295 e. The molecule has 0 radical (unpaired) electrons. The van der Waals surface area contributed by atoms with Crippen LogP contribution in [-0.4, -0.2) is 60.4 Å². The third-order valence-corrected chi connectivity index (χ3v) is 6.06. The summed E-state index contributed by atoms with van der Waals surface area (Å²) in [6, 6.07) is 22.8. The molecule has 7 heteroatoms. The van der Waals surface area contributed by atoms with E-state index < -0.39 is 17.7 Å². The highest BCUT2D eigenvalue weighted by atomic mass is 16.5. The van der Waals surface area contributed by atoms with Crippen LogP contribution in [0.2, 0.25) is 0 Å². The molecule has 1 saturated heterocycles. The fourth-order valence-electron chi connectivity index (χ4n) is 4.25. The molecule has 1 atom stereocenters. The van der Waals surface area contributed by atoms with E-state index in [1.165, 1.54) is 4.90 Å². The molecule has 1 aliphatic rings. The van der Waals surface area contributed by atoms with Gasteiger partial charge in [0.2, 0.25) is 0 Å². The number of ether oxygens (including phenoxy) is 2. The predicted octanol–water partition coefficient (Wildman–Crippen LogP) is 5.25. The number of carbonyl (C=O) groups excluding carboxylic acids is 2. The second-order valence-corrected chi connectivity index (χ2v) is 9.16. The summed E-state index contributed by atoms with van der Waals surface area (Å²) in [5.74, 6) is 0.244. The Morgan fingerprint density at radius 1 is 0.919 bits per heavy atom. The van der Waals surface area contributed by atoms with E-state index in [0.29, 0.717) is 48.1 Å². The molecule has 1 aliphatic heterocycles. The van der Waals surface area contributed by atoms with E-state index >= 15 is 0 Å². The zero-order chi connectivity index (χ0) is 26.4. The molecule has 1 amide bonds. The topological polar surface area (TPSA) is 79.3 Å². The maximum atomic E-state index is 13.3. The molecule has 1 unspecified atom stereocenters. The summed E-state index contributed by atoms with van der Waals surface area (Å²) in [6.07, 6.45) is 0.842. The standard InChI is InChI=1S/C30H32N2O5/c1-4-18-36-24-14-9-11-22(20-24)28(33)26-27(32(17-16-31(2)3)30(35)29(26)34)21-10-8-15-25(19-21)37-23-12-6-5-7-13-23/h5-15,19-20,27,33H,4,16-18H2,1-3H3/b28-26+. The van der Waals surface area contributed by atoms with Gasteiger partial charge in [-0.1, -0.05) is 49.4 Å². The molecular weight excluding hydrogens is 468 g/mol. The summed E-state index contributed by atoms with van der Waals surface area (Å²) in [5, 5.41) is 11.4. The summed E-state index contributed by atoms with van der Waals surface area (Å²) in [6.45, 7) is 3.43. The molecule has 0 aromatic heterocycles. The minimum atomic E-state index is -0.764. The molecule has 0 aliphatic carbocycles. The number of Topliss-reactive ketones (excluding diaryl/α,β-unsaturated/α-hetero) is 1. The molecule has 37 heavy (non-hydrogen) atoms. The first-order valence-corrected chi connectivity index (χ1v) is 12.4. The van der Waals surface area contributed by atoms with Crippen molar-refractivity contribution < 1.29 is 24.2 Å². The number of para-hydroxylation sites is 1. The number of likely N-dealkylation sites (N-methyl/N-ethyl adjacent to an activating group) is 1. The lowest BCUT2D eigenvalue weighted by atomic mass is 9.95. The van der Waals surface area contributed by atoms with Crippen LogP contribution in [0, 0.1) is 0 Å². The fraction of sp³-hybridized carbons (Fsp3) is 0.267. The van der Waals surface area contributed by atoms with Crippen LogP contribution in [0.15, 0.2) is 84.4 Å². The van der Waals surface area contributed by atoms with Crippen LogP contribution in [-0.2, 0) is 9.59 Å². The number of hydrogen-bond donors (Lipinski definition) is 1. The molecule has 7 nitrogen and oxygen atoms in total. The molecule has 192 valence electrons. The molecule has 0 bridgehead atoms. The lowest BCUT2D eigenvalue weighted by molar-refractivity contribution is -0.140. The lowest BCUT2D eigenvalue weighted by Crippen LogP contribution is -2.35. The highest BCUT2D eigenvalue weighted by Gasteiger charge is 2.46. The average molecular weight is 501 g/mol. The number of carbonyl (C=O) groups is 2. The van der Waals surface area contributed by atoms with Crippen LogP contribution in [0.1, 0.15) is 30.5 Å². The van der Waals surface area contributed by atoms with Gasteiger partial charge in [0.05, 0.1) is 18.2 Å². The molecule has 3 aromatic carbocycles. The number of amides is 1. The second-order valence-electron chi connectivity index (χ2n) is 9.16. The first kappa shape index (κ1) is 26.0. The minimum absolute atomic E-state index is 0.0493. The summed E-state index contributed by atoms with van der Waals surface area (Å²) in [7, 11) is 3.81. The Kier molecular flexibility index (Phi) is 8.25. The number of likely N-dealkylation sites (tertiary alicyclic amines) is 1. The van der Waals surface area contributed by atoms with Gasteiger partial charge in [0.1, 0.15) is 23.0 Å². The number of aliphatic hydroxyl groups excluding tert-OH is 1. The van der Waals surface area contributed by atoms with E-state index in [1.807, 2.05) is 74.4 Å². The Hall–Kier alpha value is -4.10. The smallest absolute Gasteiger partial charge is 0.295 e. The van der Waals surface area contributed by atoms with Gasteiger partial charge in [-0.25, -0.2) is 0 Å². The van der Waals surface area contributed by atoms with Crippen molar-refractivity contribution in [2.75, 3.05) is 33.8 Å². The molecule has 3 aromatic rings. The van der Waals surface area contributed by atoms with Crippen LogP contribution in [0.4, 0.5) is 0 Å². The number of aliphatic hydroxyl groups is 1. The lowest BCUT2D eigenvalue weighted by Gasteiger charge is -2.27. The Bertz CT molecular complexity index is 1290. The van der Waals surface area contributed by atoms with Crippen LogP contribution < -0.4 is 9.47 Å². The molecule has 1 heterocycles. The van der Waals surface area contributed by atoms with Gasteiger partial charge in [-0.15, -0.1) is 0 Å². The van der Waals surface area contributed by atoms with E-state index in [1.54, 1.807) is 30.3 Å². The van der Waals surface area contributed by atoms with Gasteiger partial charge >= 0.3 is 0 Å². The first-order valence-electron chi connectivity index (χ1n) is 12.4. The zero-order valence-electron chi connectivity index (χ0n) is 21.4. The Labute approximate surface area is 217 Å².